The van der Waals surface area contributed by atoms with Crippen molar-refractivity contribution >= 4 is 33.7 Å². The third-order valence-electron chi connectivity index (χ3n) is 2.49. The Kier molecular flexibility index (Phi) is 6.80. The minimum Gasteiger partial charge on any atom is -0.275 e. The van der Waals surface area contributed by atoms with Gasteiger partial charge in [-0.25, -0.2) is 26.3 Å². The molecule has 2 aromatic carbocycles. The van der Waals surface area contributed by atoms with E-state index in [0.717, 1.165) is 0 Å². The normalized spacial score (nSPS) is 10.0. The van der Waals surface area contributed by atoms with Crippen LogP contribution in [0.5, 0.6) is 0 Å². The topological polar surface area (TPSA) is 34.1 Å². The van der Waals surface area contributed by atoms with Crippen molar-refractivity contribution in [3.05, 3.63) is 70.3 Å². The summed E-state index contributed by atoms with van der Waals surface area (Å²) in [6.45, 7) is 0. The maximum Gasteiger partial charge on any atom is 0.258 e. The molecule has 24 heavy (non-hydrogen) atoms. The van der Waals surface area contributed by atoms with E-state index >= 15 is 0 Å². The molecule has 2 aromatic rings. The molecule has 0 saturated carbocycles. The first-order valence-electron chi connectivity index (χ1n) is 5.75. The van der Waals surface area contributed by atoms with Crippen LogP contribution in [0.3, 0.4) is 0 Å². The molecule has 0 aromatic heterocycles. The number of hydrogen-bond donors (Lipinski definition) is 0. The molecule has 0 aliphatic rings. The second-order valence-corrected chi connectivity index (χ2v) is 4.66. The average molecular weight is 389 g/mol. The summed E-state index contributed by atoms with van der Waals surface area (Å²) >= 11 is 9.66. The average Bonchev–Trinajstić information content (AvgIpc) is 2.51. The second-order valence-electron chi connectivity index (χ2n) is 3.97. The van der Waals surface area contributed by atoms with Gasteiger partial charge >= 0.3 is 0 Å². The zero-order valence-corrected chi connectivity index (χ0v) is 12.7. The molecule has 0 saturated heterocycles. The molecule has 0 atom stereocenters. The first-order chi connectivity index (χ1) is 11.1. The SMILES string of the molecule is O=C(Cl)c1c(F)c(F)c(F)c(F)c1F.O=C(Cl)c1ccccc1F. The van der Waals surface area contributed by atoms with E-state index in [0.29, 0.717) is 0 Å². The van der Waals surface area contributed by atoms with Crippen LogP contribution in [0.2, 0.25) is 0 Å². The van der Waals surface area contributed by atoms with Gasteiger partial charge in [-0.1, -0.05) is 12.1 Å². The van der Waals surface area contributed by atoms with E-state index in [2.05, 4.69) is 11.6 Å². The van der Waals surface area contributed by atoms with Crippen LogP contribution in [0.1, 0.15) is 20.7 Å². The number of carbonyl (C=O) groups is 2. The zero-order chi connectivity index (χ0) is 18.6. The Labute approximate surface area is 140 Å². The molecule has 2 nitrogen and oxygen atoms in total. The Morgan fingerprint density at radius 2 is 1.08 bits per heavy atom. The van der Waals surface area contributed by atoms with Crippen LogP contribution in [0.25, 0.3) is 0 Å². The molecule has 0 aliphatic heterocycles. The molecule has 0 unspecified atom stereocenters. The molecule has 0 amide bonds. The Morgan fingerprint density at radius 3 is 1.42 bits per heavy atom. The summed E-state index contributed by atoms with van der Waals surface area (Å²) in [6.07, 6.45) is 0. The fraction of sp³-hybridized carbons (Fsp3) is 0. The van der Waals surface area contributed by atoms with Crippen LogP contribution in [0, 0.1) is 34.9 Å². The molecule has 0 spiro atoms. The lowest BCUT2D eigenvalue weighted by Crippen LogP contribution is -2.09. The summed E-state index contributed by atoms with van der Waals surface area (Å²) < 4.78 is 75.0. The highest BCUT2D eigenvalue weighted by Gasteiger charge is 2.28. The molecule has 10 heteroatoms. The smallest absolute Gasteiger partial charge is 0.258 e. The highest BCUT2D eigenvalue weighted by Crippen LogP contribution is 2.23. The molecule has 0 heterocycles. The standard InChI is InChI=1S/C7ClF5O.C7H4ClFO/c8-7(14)1-2(9)4(11)6(13)5(12)3(1)10;8-7(10)5-3-1-2-4-6(5)9/h;1-4H. The number of benzene rings is 2. The van der Waals surface area contributed by atoms with Crippen LogP contribution < -0.4 is 0 Å². The van der Waals surface area contributed by atoms with Gasteiger partial charge in [-0.3, -0.25) is 9.59 Å². The van der Waals surface area contributed by atoms with Gasteiger partial charge < -0.3 is 0 Å². The van der Waals surface area contributed by atoms with Gasteiger partial charge in [0, 0.05) is 0 Å². The highest BCUT2D eigenvalue weighted by atomic mass is 35.5. The molecule has 0 aliphatic carbocycles. The van der Waals surface area contributed by atoms with Crippen molar-refractivity contribution < 1.29 is 35.9 Å². The lowest BCUT2D eigenvalue weighted by atomic mass is 10.2. The van der Waals surface area contributed by atoms with E-state index in [9.17, 15) is 35.9 Å². The zero-order valence-electron chi connectivity index (χ0n) is 11.1. The molecule has 0 bridgehead atoms. The van der Waals surface area contributed by atoms with E-state index in [1.54, 1.807) is 6.07 Å². The molecular weight excluding hydrogens is 385 g/mol. The Morgan fingerprint density at radius 1 is 0.667 bits per heavy atom. The summed E-state index contributed by atoms with van der Waals surface area (Å²) in [5.74, 6) is -11.8. The fourth-order valence-corrected chi connectivity index (χ4v) is 1.72. The van der Waals surface area contributed by atoms with Gasteiger partial charge in [-0.05, 0) is 35.3 Å². The van der Waals surface area contributed by atoms with Crippen molar-refractivity contribution in [3.8, 4) is 0 Å². The van der Waals surface area contributed by atoms with Gasteiger partial charge in [-0.2, -0.15) is 0 Å². The molecule has 0 fully saturated rings. The third-order valence-corrected chi connectivity index (χ3v) is 2.88. The van der Waals surface area contributed by atoms with Gasteiger partial charge in [0.2, 0.25) is 5.82 Å². The van der Waals surface area contributed by atoms with E-state index in [1.807, 2.05) is 0 Å². The van der Waals surface area contributed by atoms with Crippen LogP contribution >= 0.6 is 23.2 Å². The molecule has 2 rings (SSSR count). The third kappa shape index (κ3) is 4.27. The molecule has 0 radical (unpaired) electrons. The lowest BCUT2D eigenvalue weighted by molar-refractivity contribution is 0.106. The van der Waals surface area contributed by atoms with Gasteiger partial charge in [0.05, 0.1) is 5.56 Å². The van der Waals surface area contributed by atoms with Crippen molar-refractivity contribution in [2.24, 2.45) is 0 Å². The summed E-state index contributed by atoms with van der Waals surface area (Å²) in [4.78, 5) is 20.7. The van der Waals surface area contributed by atoms with Crippen LogP contribution in [0.4, 0.5) is 26.3 Å². The molecule has 128 valence electrons. The summed E-state index contributed by atoms with van der Waals surface area (Å²) in [6, 6.07) is 5.58. The van der Waals surface area contributed by atoms with Crippen molar-refractivity contribution in [1.82, 2.24) is 0 Å². The van der Waals surface area contributed by atoms with E-state index in [4.69, 9.17) is 11.6 Å². The molecule has 0 N–H and O–H groups in total. The Bertz CT molecular complexity index is 781. The maximum atomic E-state index is 12.6. The quantitative estimate of drug-likeness (QED) is 0.315. The number of halogens is 8. The summed E-state index contributed by atoms with van der Waals surface area (Å²) in [5, 5.41) is -2.52. The first kappa shape index (κ1) is 20.0. The van der Waals surface area contributed by atoms with Crippen molar-refractivity contribution in [3.63, 3.8) is 0 Å². The highest BCUT2D eigenvalue weighted by molar-refractivity contribution is 6.68. The largest absolute Gasteiger partial charge is 0.275 e. The predicted octanol–water partition coefficient (Wildman–Crippen LogP) is 4.97. The minimum atomic E-state index is -2.33. The predicted molar refractivity (Wildman–Crippen MR) is 73.0 cm³/mol. The summed E-state index contributed by atoms with van der Waals surface area (Å²) in [7, 11) is 0. The van der Waals surface area contributed by atoms with Crippen LogP contribution in [-0.2, 0) is 0 Å². The van der Waals surface area contributed by atoms with E-state index in [1.165, 1.54) is 18.2 Å². The van der Waals surface area contributed by atoms with Crippen LogP contribution in [-0.4, -0.2) is 10.5 Å². The monoisotopic (exact) mass is 388 g/mol. The first-order valence-corrected chi connectivity index (χ1v) is 6.50. The van der Waals surface area contributed by atoms with Crippen molar-refractivity contribution in [2.75, 3.05) is 0 Å². The maximum absolute atomic E-state index is 12.6. The van der Waals surface area contributed by atoms with Gasteiger partial charge in [0.1, 0.15) is 11.4 Å². The molecular formula is C14H4Cl2F6O2. The Hall–Kier alpha value is -2.06. The second kappa shape index (κ2) is 8.16. The van der Waals surface area contributed by atoms with Gasteiger partial charge in [0.25, 0.3) is 10.5 Å². The number of hydrogen-bond acceptors (Lipinski definition) is 2. The Balaban J connectivity index is 0.000000254. The van der Waals surface area contributed by atoms with Crippen molar-refractivity contribution in [2.45, 2.75) is 0 Å². The number of carbonyl (C=O) groups excluding carboxylic acids is 2. The number of rotatable bonds is 2. The minimum absolute atomic E-state index is 0.0795. The van der Waals surface area contributed by atoms with Crippen molar-refractivity contribution in [1.29, 1.82) is 0 Å². The summed E-state index contributed by atoms with van der Waals surface area (Å²) in [5.41, 5.74) is -1.73. The van der Waals surface area contributed by atoms with E-state index in [-0.39, 0.29) is 5.56 Å². The van der Waals surface area contributed by atoms with E-state index < -0.39 is 51.0 Å². The van der Waals surface area contributed by atoms with Crippen LogP contribution in [0.15, 0.2) is 24.3 Å². The van der Waals surface area contributed by atoms with Gasteiger partial charge in [-0.15, -0.1) is 0 Å². The fourth-order valence-electron chi connectivity index (χ4n) is 1.40. The lowest BCUT2D eigenvalue weighted by Gasteiger charge is -2.03. The van der Waals surface area contributed by atoms with Gasteiger partial charge in [0.15, 0.2) is 23.3 Å².